The lowest BCUT2D eigenvalue weighted by molar-refractivity contribution is 0.628. The minimum atomic E-state index is -0.237. The zero-order chi connectivity index (χ0) is 17.8. The van der Waals surface area contributed by atoms with E-state index < -0.39 is 0 Å². The summed E-state index contributed by atoms with van der Waals surface area (Å²) in [6.07, 6.45) is 2.03. The SMILES string of the molecule is CCCc1sc(-c2ccc(F)cc2)nc1CSc1nc(C)cc(N)n1. The monoisotopic (exact) mass is 374 g/mol. The lowest BCUT2D eigenvalue weighted by Crippen LogP contribution is -1.97. The van der Waals surface area contributed by atoms with Crippen molar-refractivity contribution in [1.82, 2.24) is 15.0 Å². The summed E-state index contributed by atoms with van der Waals surface area (Å²) in [6.45, 7) is 4.05. The van der Waals surface area contributed by atoms with E-state index in [9.17, 15) is 4.39 Å². The second-order valence-corrected chi connectivity index (χ2v) is 7.68. The molecule has 0 atom stereocenters. The van der Waals surface area contributed by atoms with Crippen LogP contribution in [0, 0.1) is 12.7 Å². The van der Waals surface area contributed by atoms with E-state index in [1.54, 1.807) is 29.5 Å². The standard InChI is InChI=1S/C18H19FN4S2/c1-3-4-15-14(10-24-18-21-11(2)9-16(20)23-18)22-17(25-15)12-5-7-13(19)8-6-12/h5-9H,3-4,10H2,1-2H3,(H2,20,21,23). The first-order chi connectivity index (χ1) is 12.0. The van der Waals surface area contributed by atoms with Gasteiger partial charge in [0.15, 0.2) is 5.16 Å². The molecule has 0 aliphatic carbocycles. The van der Waals surface area contributed by atoms with Crippen molar-refractivity contribution in [2.45, 2.75) is 37.6 Å². The van der Waals surface area contributed by atoms with Gasteiger partial charge in [0.2, 0.25) is 0 Å². The van der Waals surface area contributed by atoms with Gasteiger partial charge in [-0.2, -0.15) is 0 Å². The zero-order valence-electron chi connectivity index (χ0n) is 14.1. The van der Waals surface area contributed by atoms with E-state index >= 15 is 0 Å². The van der Waals surface area contributed by atoms with Crippen LogP contribution in [0.15, 0.2) is 35.5 Å². The van der Waals surface area contributed by atoms with Crippen LogP contribution in [0.5, 0.6) is 0 Å². The molecule has 0 radical (unpaired) electrons. The number of halogens is 1. The number of nitrogen functional groups attached to an aromatic ring is 1. The fraction of sp³-hybridized carbons (Fsp3) is 0.278. The van der Waals surface area contributed by atoms with Crippen molar-refractivity contribution in [1.29, 1.82) is 0 Å². The van der Waals surface area contributed by atoms with E-state index in [0.717, 1.165) is 34.8 Å². The molecular formula is C18H19FN4S2. The summed E-state index contributed by atoms with van der Waals surface area (Å²) in [5.41, 5.74) is 8.63. The van der Waals surface area contributed by atoms with Crippen LogP contribution < -0.4 is 5.73 Å². The lowest BCUT2D eigenvalue weighted by atomic mass is 10.2. The number of thiazole rings is 1. The van der Waals surface area contributed by atoms with Crippen LogP contribution in [0.3, 0.4) is 0 Å². The summed E-state index contributed by atoms with van der Waals surface area (Å²) in [4.78, 5) is 14.7. The average molecular weight is 375 g/mol. The van der Waals surface area contributed by atoms with Crippen molar-refractivity contribution >= 4 is 28.9 Å². The van der Waals surface area contributed by atoms with Crippen molar-refractivity contribution < 1.29 is 4.39 Å². The molecular weight excluding hydrogens is 355 g/mol. The Morgan fingerprint density at radius 3 is 2.60 bits per heavy atom. The predicted molar refractivity (Wildman–Crippen MR) is 102 cm³/mol. The van der Waals surface area contributed by atoms with Gasteiger partial charge in [0.05, 0.1) is 5.69 Å². The predicted octanol–water partition coefficient (Wildman–Crippen LogP) is 4.87. The summed E-state index contributed by atoms with van der Waals surface area (Å²) in [7, 11) is 0. The molecule has 0 saturated heterocycles. The van der Waals surface area contributed by atoms with Crippen molar-refractivity contribution in [3.8, 4) is 10.6 Å². The number of nitrogens with two attached hydrogens (primary N) is 1. The van der Waals surface area contributed by atoms with Crippen LogP contribution in [-0.2, 0) is 12.2 Å². The van der Waals surface area contributed by atoms with Gasteiger partial charge in [-0.15, -0.1) is 11.3 Å². The molecule has 0 amide bonds. The second kappa shape index (κ2) is 7.93. The number of rotatable bonds is 6. The Kier molecular flexibility index (Phi) is 5.65. The van der Waals surface area contributed by atoms with Gasteiger partial charge in [-0.1, -0.05) is 25.1 Å². The summed E-state index contributed by atoms with van der Waals surface area (Å²) < 4.78 is 13.1. The molecule has 2 aromatic heterocycles. The van der Waals surface area contributed by atoms with Crippen molar-refractivity contribution in [3.63, 3.8) is 0 Å². The maximum atomic E-state index is 13.1. The number of thioether (sulfide) groups is 1. The summed E-state index contributed by atoms with van der Waals surface area (Å²) in [5, 5.41) is 1.58. The molecule has 1 aromatic carbocycles. The van der Waals surface area contributed by atoms with E-state index in [1.807, 2.05) is 6.92 Å². The first kappa shape index (κ1) is 17.8. The first-order valence-electron chi connectivity index (χ1n) is 8.03. The first-order valence-corrected chi connectivity index (χ1v) is 9.84. The molecule has 25 heavy (non-hydrogen) atoms. The Labute approximate surface area is 154 Å². The molecule has 0 unspecified atom stereocenters. The average Bonchev–Trinajstić information content (AvgIpc) is 2.96. The summed E-state index contributed by atoms with van der Waals surface area (Å²) in [6, 6.07) is 8.22. The number of hydrogen-bond acceptors (Lipinski definition) is 6. The van der Waals surface area contributed by atoms with Crippen LogP contribution in [0.25, 0.3) is 10.6 Å². The Hall–Kier alpha value is -1.99. The largest absolute Gasteiger partial charge is 0.384 e. The number of hydrogen-bond donors (Lipinski definition) is 1. The van der Waals surface area contributed by atoms with Crippen LogP contribution in [-0.4, -0.2) is 15.0 Å². The van der Waals surface area contributed by atoms with Crippen LogP contribution in [0.1, 0.15) is 29.6 Å². The number of nitrogens with zero attached hydrogens (tertiary/aromatic N) is 3. The molecule has 0 aliphatic heterocycles. The quantitative estimate of drug-likeness (QED) is 0.492. The third-order valence-corrected chi connectivity index (χ3v) is 5.60. The Morgan fingerprint density at radius 2 is 1.92 bits per heavy atom. The Bertz CT molecular complexity index is 842. The molecule has 4 nitrogen and oxygen atoms in total. The molecule has 3 rings (SSSR count). The van der Waals surface area contributed by atoms with Gasteiger partial charge >= 0.3 is 0 Å². The fourth-order valence-electron chi connectivity index (χ4n) is 2.40. The molecule has 2 heterocycles. The highest BCUT2D eigenvalue weighted by molar-refractivity contribution is 7.98. The van der Waals surface area contributed by atoms with E-state index in [0.29, 0.717) is 16.7 Å². The van der Waals surface area contributed by atoms with Crippen LogP contribution in [0.4, 0.5) is 10.2 Å². The summed E-state index contributed by atoms with van der Waals surface area (Å²) >= 11 is 3.21. The van der Waals surface area contributed by atoms with Gasteiger partial charge in [0.25, 0.3) is 0 Å². The smallest absolute Gasteiger partial charge is 0.190 e. The van der Waals surface area contributed by atoms with Gasteiger partial charge in [-0.3, -0.25) is 0 Å². The van der Waals surface area contributed by atoms with Crippen LogP contribution >= 0.6 is 23.1 Å². The van der Waals surface area contributed by atoms with E-state index in [2.05, 4.69) is 16.9 Å². The molecule has 130 valence electrons. The second-order valence-electron chi connectivity index (χ2n) is 5.65. The van der Waals surface area contributed by atoms with Gasteiger partial charge in [0, 0.05) is 28.0 Å². The third-order valence-electron chi connectivity index (χ3n) is 3.54. The molecule has 0 bridgehead atoms. The number of aromatic nitrogens is 3. The normalized spacial score (nSPS) is 11.0. The molecule has 0 fully saturated rings. The molecule has 0 saturated carbocycles. The topological polar surface area (TPSA) is 64.7 Å². The Balaban J connectivity index is 1.83. The van der Waals surface area contributed by atoms with Crippen LogP contribution in [0.2, 0.25) is 0 Å². The van der Waals surface area contributed by atoms with Gasteiger partial charge in [-0.05, 0) is 37.6 Å². The van der Waals surface area contributed by atoms with Gasteiger partial charge < -0.3 is 5.73 Å². The van der Waals surface area contributed by atoms with E-state index in [-0.39, 0.29) is 5.82 Å². The molecule has 0 aliphatic rings. The lowest BCUT2D eigenvalue weighted by Gasteiger charge is -2.03. The highest BCUT2D eigenvalue weighted by Crippen LogP contribution is 2.32. The number of aryl methyl sites for hydroxylation is 2. The molecule has 7 heteroatoms. The minimum Gasteiger partial charge on any atom is -0.384 e. The van der Waals surface area contributed by atoms with E-state index in [1.165, 1.54) is 28.8 Å². The van der Waals surface area contributed by atoms with Gasteiger partial charge in [0.1, 0.15) is 16.6 Å². The maximum absolute atomic E-state index is 13.1. The maximum Gasteiger partial charge on any atom is 0.190 e. The third kappa shape index (κ3) is 4.55. The molecule has 0 spiro atoms. The van der Waals surface area contributed by atoms with Crippen molar-refractivity contribution in [2.75, 3.05) is 5.73 Å². The molecule has 2 N–H and O–H groups in total. The fourth-order valence-corrected chi connectivity index (χ4v) is 4.56. The highest BCUT2D eigenvalue weighted by Gasteiger charge is 2.13. The molecule has 3 aromatic rings. The van der Waals surface area contributed by atoms with Crippen molar-refractivity contribution in [2.24, 2.45) is 0 Å². The highest BCUT2D eigenvalue weighted by atomic mass is 32.2. The number of benzene rings is 1. The van der Waals surface area contributed by atoms with Crippen molar-refractivity contribution in [3.05, 3.63) is 52.4 Å². The van der Waals surface area contributed by atoms with E-state index in [4.69, 9.17) is 10.7 Å². The zero-order valence-corrected chi connectivity index (χ0v) is 15.8. The summed E-state index contributed by atoms with van der Waals surface area (Å²) in [5.74, 6) is 0.934. The number of anilines is 1. The van der Waals surface area contributed by atoms with Gasteiger partial charge in [-0.25, -0.2) is 19.3 Å². The Morgan fingerprint density at radius 1 is 1.16 bits per heavy atom. The minimum absolute atomic E-state index is 0.237.